The summed E-state index contributed by atoms with van der Waals surface area (Å²) in [6, 6.07) is 7.98. The molecule has 1 aromatic rings. The predicted molar refractivity (Wildman–Crippen MR) is 106 cm³/mol. The van der Waals surface area contributed by atoms with E-state index in [1.165, 1.54) is 42.0 Å². The highest BCUT2D eigenvalue weighted by atomic mass is 32.2. The van der Waals surface area contributed by atoms with Gasteiger partial charge in [-0.05, 0) is 76.0 Å². The molecule has 2 fully saturated rings. The zero-order valence-corrected chi connectivity index (χ0v) is 16.1. The molecule has 24 heavy (non-hydrogen) atoms. The summed E-state index contributed by atoms with van der Waals surface area (Å²) in [5.74, 6) is 2.75. The Morgan fingerprint density at radius 1 is 1.33 bits per heavy atom. The summed E-state index contributed by atoms with van der Waals surface area (Å²) in [4.78, 5) is 8.05. The Kier molecular flexibility index (Phi) is 6.01. The maximum Gasteiger partial charge on any atom is 0.0761 e. The molecular formula is C20H31N3S. The molecule has 4 heteroatoms. The zero-order valence-electron chi connectivity index (χ0n) is 15.3. The van der Waals surface area contributed by atoms with Gasteiger partial charge in [0, 0.05) is 29.3 Å². The van der Waals surface area contributed by atoms with E-state index in [1.54, 1.807) is 0 Å². The molecule has 4 atom stereocenters. The maximum atomic E-state index is 4.31. The first-order valence-corrected chi connectivity index (χ1v) is 10.2. The molecule has 0 radical (unpaired) electrons. The minimum absolute atomic E-state index is 0.477. The lowest BCUT2D eigenvalue weighted by Crippen LogP contribution is -2.31. The average Bonchev–Trinajstić information content (AvgIpc) is 2.91. The van der Waals surface area contributed by atoms with Crippen LogP contribution in [0.3, 0.4) is 0 Å². The summed E-state index contributed by atoms with van der Waals surface area (Å²) in [6.07, 6.45) is 3.83. The molecule has 3 rings (SSSR count). The number of thioether (sulfide) groups is 1. The van der Waals surface area contributed by atoms with Crippen LogP contribution in [0, 0.1) is 11.8 Å². The van der Waals surface area contributed by atoms with Gasteiger partial charge in [0.15, 0.2) is 0 Å². The zero-order chi connectivity index (χ0) is 17.1. The smallest absolute Gasteiger partial charge is 0.0761 e. The van der Waals surface area contributed by atoms with Crippen LogP contribution in [-0.2, 0) is 0 Å². The maximum absolute atomic E-state index is 4.31. The van der Waals surface area contributed by atoms with Crippen LogP contribution in [0.15, 0.2) is 28.1 Å². The Morgan fingerprint density at radius 2 is 2.17 bits per heavy atom. The van der Waals surface area contributed by atoms with Gasteiger partial charge < -0.3 is 10.2 Å². The lowest BCUT2D eigenvalue weighted by Gasteiger charge is -2.28. The van der Waals surface area contributed by atoms with Crippen molar-refractivity contribution in [3.8, 4) is 0 Å². The number of benzene rings is 1. The van der Waals surface area contributed by atoms with Crippen LogP contribution in [-0.4, -0.2) is 43.5 Å². The summed E-state index contributed by atoms with van der Waals surface area (Å²) in [5, 5.41) is 3.67. The van der Waals surface area contributed by atoms with Crippen LogP contribution in [0.5, 0.6) is 0 Å². The lowest BCUT2D eigenvalue weighted by atomic mass is 9.92. The Bertz CT molecular complexity index is 556. The number of nitrogens with one attached hydrogen (secondary N) is 1. The fourth-order valence-corrected chi connectivity index (χ4v) is 5.02. The van der Waals surface area contributed by atoms with Gasteiger partial charge in [-0.3, -0.25) is 4.99 Å². The highest BCUT2D eigenvalue weighted by molar-refractivity contribution is 7.99. The number of nitrogens with zero attached hydrogens (tertiary/aromatic N) is 2. The van der Waals surface area contributed by atoms with Crippen LogP contribution >= 0.6 is 11.8 Å². The molecule has 2 aliphatic rings. The Labute approximate surface area is 151 Å². The largest absolute Gasteiger partial charge is 0.310 e. The van der Waals surface area contributed by atoms with Gasteiger partial charge in [-0.15, -0.1) is 11.8 Å². The van der Waals surface area contributed by atoms with E-state index >= 15 is 0 Å². The van der Waals surface area contributed by atoms with Crippen LogP contribution in [0.25, 0.3) is 0 Å². The normalized spacial score (nSPS) is 31.3. The minimum Gasteiger partial charge on any atom is -0.310 e. The van der Waals surface area contributed by atoms with E-state index in [1.807, 2.05) is 11.8 Å². The topological polar surface area (TPSA) is 27.6 Å². The molecule has 3 unspecified atom stereocenters. The van der Waals surface area contributed by atoms with Crippen molar-refractivity contribution in [2.45, 2.75) is 50.1 Å². The third kappa shape index (κ3) is 4.22. The number of hydrogen-bond acceptors (Lipinski definition) is 4. The molecule has 2 heterocycles. The first-order chi connectivity index (χ1) is 11.6. The van der Waals surface area contributed by atoms with Crippen molar-refractivity contribution in [3.05, 3.63) is 23.8 Å². The standard InChI is InChI=1S/C20H31N3S/c1-14-5-7-18(22-11-14)17-6-8-20(19(10-17)21-3)24-13-16-9-15(2)23(4)12-16/h6,8,10,14-16,18,22H,3,5,7,9,11-13H2,1-2,4H3/t14?,15?,16?,18-/m1/s1. The van der Waals surface area contributed by atoms with Crippen LogP contribution < -0.4 is 5.32 Å². The van der Waals surface area contributed by atoms with Crippen molar-refractivity contribution in [2.24, 2.45) is 16.8 Å². The van der Waals surface area contributed by atoms with Crippen molar-refractivity contribution < 1.29 is 0 Å². The van der Waals surface area contributed by atoms with E-state index < -0.39 is 0 Å². The molecule has 0 bridgehead atoms. The summed E-state index contributed by atoms with van der Waals surface area (Å²) in [5.41, 5.74) is 2.42. The second-order valence-corrected chi connectivity index (χ2v) is 8.79. The Morgan fingerprint density at radius 3 is 2.79 bits per heavy atom. The molecule has 1 N–H and O–H groups in total. The van der Waals surface area contributed by atoms with E-state index in [-0.39, 0.29) is 0 Å². The highest BCUT2D eigenvalue weighted by Gasteiger charge is 2.26. The van der Waals surface area contributed by atoms with Gasteiger partial charge in [0.1, 0.15) is 0 Å². The van der Waals surface area contributed by atoms with Crippen molar-refractivity contribution in [1.82, 2.24) is 10.2 Å². The number of aliphatic imine (C=N–C) groups is 1. The van der Waals surface area contributed by atoms with Crippen LogP contribution in [0.4, 0.5) is 5.69 Å². The van der Waals surface area contributed by atoms with Crippen molar-refractivity contribution in [3.63, 3.8) is 0 Å². The Hall–Kier alpha value is -0.840. The molecule has 3 nitrogen and oxygen atoms in total. The monoisotopic (exact) mass is 345 g/mol. The van der Waals surface area contributed by atoms with E-state index in [0.29, 0.717) is 6.04 Å². The minimum atomic E-state index is 0.477. The van der Waals surface area contributed by atoms with Gasteiger partial charge >= 0.3 is 0 Å². The summed E-state index contributed by atoms with van der Waals surface area (Å²) in [7, 11) is 2.24. The van der Waals surface area contributed by atoms with Crippen molar-refractivity contribution in [1.29, 1.82) is 0 Å². The second kappa shape index (κ2) is 8.03. The molecule has 1 aromatic carbocycles. The number of hydrogen-bond donors (Lipinski definition) is 1. The second-order valence-electron chi connectivity index (χ2n) is 7.73. The highest BCUT2D eigenvalue weighted by Crippen LogP contribution is 2.36. The van der Waals surface area contributed by atoms with Gasteiger partial charge in [0.05, 0.1) is 5.69 Å². The molecule has 0 saturated carbocycles. The van der Waals surface area contributed by atoms with E-state index in [0.717, 1.165) is 30.1 Å². The predicted octanol–water partition coefficient (Wildman–Crippen LogP) is 4.51. The quantitative estimate of drug-likeness (QED) is 0.628. The molecule has 0 aliphatic carbocycles. The third-order valence-corrected chi connectivity index (χ3v) is 6.96. The molecule has 2 saturated heterocycles. The third-order valence-electron chi connectivity index (χ3n) is 5.66. The number of rotatable bonds is 5. The molecule has 132 valence electrons. The molecule has 0 amide bonds. The fourth-order valence-electron chi connectivity index (χ4n) is 3.93. The number of piperidine rings is 1. The van der Waals surface area contributed by atoms with Crippen molar-refractivity contribution in [2.75, 3.05) is 25.9 Å². The molecular weight excluding hydrogens is 314 g/mol. The lowest BCUT2D eigenvalue weighted by molar-refractivity contribution is 0.327. The fraction of sp³-hybridized carbons (Fsp3) is 0.650. The van der Waals surface area contributed by atoms with Gasteiger partial charge in [0.25, 0.3) is 0 Å². The summed E-state index contributed by atoms with van der Waals surface area (Å²) < 4.78 is 0. The van der Waals surface area contributed by atoms with Crippen LogP contribution in [0.2, 0.25) is 0 Å². The van der Waals surface area contributed by atoms with Gasteiger partial charge in [-0.2, -0.15) is 0 Å². The van der Waals surface area contributed by atoms with Crippen molar-refractivity contribution >= 4 is 24.2 Å². The first kappa shape index (κ1) is 18.0. The van der Waals surface area contributed by atoms with Gasteiger partial charge in [-0.1, -0.05) is 13.0 Å². The Balaban J connectivity index is 1.63. The molecule has 2 aliphatic heterocycles. The summed E-state index contributed by atoms with van der Waals surface area (Å²) >= 11 is 1.95. The van der Waals surface area contributed by atoms with Gasteiger partial charge in [0.2, 0.25) is 0 Å². The first-order valence-electron chi connectivity index (χ1n) is 9.24. The van der Waals surface area contributed by atoms with E-state index in [4.69, 9.17) is 0 Å². The number of likely N-dealkylation sites (tertiary alicyclic amines) is 1. The van der Waals surface area contributed by atoms with E-state index in [2.05, 4.69) is 61.0 Å². The SMILES string of the molecule is C=Nc1cc([C@H]2CCC(C)CN2)ccc1SCC1CC(C)N(C)C1. The molecule has 0 aromatic heterocycles. The van der Waals surface area contributed by atoms with Gasteiger partial charge in [-0.25, -0.2) is 0 Å². The molecule has 0 spiro atoms. The average molecular weight is 346 g/mol. The van der Waals surface area contributed by atoms with Crippen LogP contribution in [0.1, 0.15) is 44.7 Å². The van der Waals surface area contributed by atoms with E-state index in [9.17, 15) is 0 Å². The summed E-state index contributed by atoms with van der Waals surface area (Å²) in [6.45, 7) is 10.8.